The van der Waals surface area contributed by atoms with Crippen molar-refractivity contribution in [3.05, 3.63) is 39.0 Å². The molecule has 110 valence electrons. The second kappa shape index (κ2) is 5.11. The third-order valence-corrected chi connectivity index (χ3v) is 4.16. The summed E-state index contributed by atoms with van der Waals surface area (Å²) in [5.74, 6) is -0.261. The van der Waals surface area contributed by atoms with Crippen LogP contribution in [0.15, 0.2) is 18.2 Å². The van der Waals surface area contributed by atoms with E-state index in [1.165, 1.54) is 0 Å². The van der Waals surface area contributed by atoms with Crippen LogP contribution in [0.4, 0.5) is 15.8 Å². The van der Waals surface area contributed by atoms with Gasteiger partial charge >= 0.3 is 5.69 Å². The Morgan fingerprint density at radius 1 is 1.43 bits per heavy atom. The zero-order valence-electron chi connectivity index (χ0n) is 11.1. The summed E-state index contributed by atoms with van der Waals surface area (Å²) < 4.78 is 13.4. The van der Waals surface area contributed by atoms with Gasteiger partial charge in [-0.1, -0.05) is 11.6 Å². The largest absolute Gasteiger partial charge is 0.393 e. The number of nitrogens with zero attached hydrogens (tertiary/aromatic N) is 2. The average molecular weight is 310 g/mol. The lowest BCUT2D eigenvalue weighted by Gasteiger charge is -2.13. The molecular weight excluding hydrogens is 297 g/mol. The monoisotopic (exact) mass is 309 g/mol. The first-order valence-electron chi connectivity index (χ1n) is 6.64. The fraction of sp³-hybridized carbons (Fsp3) is 0.357. The molecular formula is C14H13ClFN3O2. The number of pyridine rings is 1. The number of halogens is 2. The number of alkyl halides is 1. The van der Waals surface area contributed by atoms with Crippen LogP contribution >= 0.6 is 11.6 Å². The van der Waals surface area contributed by atoms with Crippen molar-refractivity contribution >= 4 is 33.9 Å². The number of aromatic nitrogens is 1. The van der Waals surface area contributed by atoms with E-state index in [4.69, 9.17) is 17.3 Å². The van der Waals surface area contributed by atoms with E-state index < -0.39 is 11.1 Å². The van der Waals surface area contributed by atoms with E-state index in [1.54, 1.807) is 18.2 Å². The highest BCUT2D eigenvalue weighted by Crippen LogP contribution is 2.43. The standard InChI is InChI=1S/C14H13ClFN3O2/c15-8-2-4-11-10(6-8)12(17)14(19(20)21)13(18-11)7-1-3-9(16)5-7/h2,4,6-7,9H,1,3,5H2,(H2,17,18)/t7-,9+/m1/s1. The van der Waals surface area contributed by atoms with Crippen LogP contribution in [0.5, 0.6) is 0 Å². The molecule has 0 saturated heterocycles. The van der Waals surface area contributed by atoms with E-state index in [9.17, 15) is 14.5 Å². The summed E-state index contributed by atoms with van der Waals surface area (Å²) in [5, 5.41) is 12.3. The van der Waals surface area contributed by atoms with Crippen molar-refractivity contribution in [2.75, 3.05) is 5.73 Å². The number of rotatable bonds is 2. The first-order chi connectivity index (χ1) is 9.97. The van der Waals surface area contributed by atoms with Crippen LogP contribution < -0.4 is 5.73 Å². The Hall–Kier alpha value is -1.95. The summed E-state index contributed by atoms with van der Waals surface area (Å²) in [4.78, 5) is 15.2. The second-order valence-electron chi connectivity index (χ2n) is 5.29. The topological polar surface area (TPSA) is 82.0 Å². The Bertz CT molecular complexity index is 738. The van der Waals surface area contributed by atoms with Gasteiger partial charge in [-0.15, -0.1) is 0 Å². The lowest BCUT2D eigenvalue weighted by Crippen LogP contribution is -2.08. The number of nitrogens with two attached hydrogens (primary N) is 1. The normalized spacial score (nSPS) is 21.8. The third-order valence-electron chi connectivity index (χ3n) is 3.93. The Balaban J connectivity index is 2.25. The van der Waals surface area contributed by atoms with Gasteiger partial charge in [0.05, 0.1) is 10.4 Å². The fourth-order valence-electron chi connectivity index (χ4n) is 2.92. The van der Waals surface area contributed by atoms with Gasteiger partial charge in [0, 0.05) is 16.3 Å². The molecule has 1 heterocycles. The Kier molecular flexibility index (Phi) is 3.41. The minimum Gasteiger partial charge on any atom is -0.393 e. The minimum atomic E-state index is -0.932. The number of hydrogen-bond donors (Lipinski definition) is 1. The molecule has 3 rings (SSSR count). The first kappa shape index (κ1) is 14.0. The molecule has 0 aliphatic heterocycles. The average Bonchev–Trinajstić information content (AvgIpc) is 2.85. The van der Waals surface area contributed by atoms with Gasteiger partial charge in [0.2, 0.25) is 0 Å². The van der Waals surface area contributed by atoms with Crippen LogP contribution in [0.2, 0.25) is 5.02 Å². The molecule has 0 unspecified atom stereocenters. The third kappa shape index (κ3) is 2.40. The zero-order chi connectivity index (χ0) is 15.1. The molecule has 0 radical (unpaired) electrons. The summed E-state index contributed by atoms with van der Waals surface area (Å²) in [6.45, 7) is 0. The number of fused-ring (bicyclic) bond motifs is 1. The van der Waals surface area contributed by atoms with Crippen molar-refractivity contribution in [2.45, 2.75) is 31.4 Å². The predicted octanol–water partition coefficient (Wildman–Crippen LogP) is 3.98. The number of nitrogen functional groups attached to an aromatic ring is 1. The fourth-order valence-corrected chi connectivity index (χ4v) is 3.09. The van der Waals surface area contributed by atoms with Crippen molar-refractivity contribution in [3.8, 4) is 0 Å². The molecule has 5 nitrogen and oxygen atoms in total. The lowest BCUT2D eigenvalue weighted by molar-refractivity contribution is -0.385. The summed E-state index contributed by atoms with van der Waals surface area (Å²) >= 11 is 5.91. The molecule has 2 aromatic rings. The zero-order valence-corrected chi connectivity index (χ0v) is 11.8. The molecule has 1 aliphatic carbocycles. The SMILES string of the molecule is Nc1c([N+](=O)[O-])c([C@@H]2CC[C@H](F)C2)nc2ccc(Cl)cc12. The van der Waals surface area contributed by atoms with Gasteiger partial charge in [0.1, 0.15) is 17.6 Å². The van der Waals surface area contributed by atoms with Gasteiger partial charge in [-0.25, -0.2) is 9.37 Å². The van der Waals surface area contributed by atoms with Crippen molar-refractivity contribution < 1.29 is 9.31 Å². The minimum absolute atomic E-state index is 0.0461. The van der Waals surface area contributed by atoms with E-state index in [0.717, 1.165) is 0 Å². The molecule has 21 heavy (non-hydrogen) atoms. The van der Waals surface area contributed by atoms with Gasteiger partial charge in [0.25, 0.3) is 0 Å². The highest BCUT2D eigenvalue weighted by atomic mass is 35.5. The van der Waals surface area contributed by atoms with Crippen LogP contribution in [0.3, 0.4) is 0 Å². The molecule has 0 bridgehead atoms. The number of hydrogen-bond acceptors (Lipinski definition) is 4. The van der Waals surface area contributed by atoms with Crippen molar-refractivity contribution in [2.24, 2.45) is 0 Å². The highest BCUT2D eigenvalue weighted by molar-refractivity contribution is 6.31. The highest BCUT2D eigenvalue weighted by Gasteiger charge is 2.34. The summed E-state index contributed by atoms with van der Waals surface area (Å²) in [5.41, 5.74) is 6.61. The van der Waals surface area contributed by atoms with Gasteiger partial charge in [0.15, 0.2) is 0 Å². The van der Waals surface area contributed by atoms with E-state index in [1.807, 2.05) is 0 Å². The maximum Gasteiger partial charge on any atom is 0.314 e. The van der Waals surface area contributed by atoms with Gasteiger partial charge in [-0.3, -0.25) is 10.1 Å². The Labute approximate surface area is 125 Å². The first-order valence-corrected chi connectivity index (χ1v) is 7.02. The van der Waals surface area contributed by atoms with E-state index >= 15 is 0 Å². The Morgan fingerprint density at radius 3 is 2.81 bits per heavy atom. The van der Waals surface area contributed by atoms with E-state index in [2.05, 4.69) is 4.98 Å². The Morgan fingerprint density at radius 2 is 2.19 bits per heavy atom. The van der Waals surface area contributed by atoms with Crippen molar-refractivity contribution in [3.63, 3.8) is 0 Å². The number of benzene rings is 1. The molecule has 1 aromatic carbocycles. The lowest BCUT2D eigenvalue weighted by atomic mass is 9.99. The second-order valence-corrected chi connectivity index (χ2v) is 5.72. The molecule has 1 fully saturated rings. The van der Waals surface area contributed by atoms with Crippen LogP contribution in [-0.4, -0.2) is 16.1 Å². The smallest absolute Gasteiger partial charge is 0.314 e. The maximum atomic E-state index is 13.4. The molecule has 2 N–H and O–H groups in total. The van der Waals surface area contributed by atoms with Crippen LogP contribution in [-0.2, 0) is 0 Å². The van der Waals surface area contributed by atoms with Crippen molar-refractivity contribution in [1.82, 2.24) is 4.98 Å². The van der Waals surface area contributed by atoms with Crippen LogP contribution in [0, 0.1) is 10.1 Å². The quantitative estimate of drug-likeness (QED) is 0.672. The van der Waals surface area contributed by atoms with Gasteiger partial charge in [-0.2, -0.15) is 0 Å². The van der Waals surface area contributed by atoms with Gasteiger partial charge < -0.3 is 5.73 Å². The molecule has 1 aliphatic rings. The number of nitro groups is 1. The molecule has 0 spiro atoms. The molecule has 1 aromatic heterocycles. The summed E-state index contributed by atoms with van der Waals surface area (Å²) in [6.07, 6.45) is 0.278. The van der Waals surface area contributed by atoms with Crippen LogP contribution in [0.1, 0.15) is 30.9 Å². The predicted molar refractivity (Wildman–Crippen MR) is 79.3 cm³/mol. The van der Waals surface area contributed by atoms with Crippen molar-refractivity contribution in [1.29, 1.82) is 0 Å². The van der Waals surface area contributed by atoms with Crippen LogP contribution in [0.25, 0.3) is 10.9 Å². The summed E-state index contributed by atoms with van der Waals surface area (Å²) in [7, 11) is 0. The summed E-state index contributed by atoms with van der Waals surface area (Å²) in [6, 6.07) is 4.88. The van der Waals surface area contributed by atoms with Gasteiger partial charge in [-0.05, 0) is 37.5 Å². The molecule has 1 saturated carbocycles. The molecule has 2 atom stereocenters. The van der Waals surface area contributed by atoms with E-state index in [0.29, 0.717) is 28.8 Å². The molecule has 7 heteroatoms. The number of anilines is 1. The van der Waals surface area contributed by atoms with E-state index in [-0.39, 0.29) is 29.4 Å². The molecule has 0 amide bonds. The maximum absolute atomic E-state index is 13.4.